The lowest BCUT2D eigenvalue weighted by Crippen LogP contribution is -1.81. The van der Waals surface area contributed by atoms with Crippen LogP contribution in [0.5, 0.6) is 5.75 Å². The maximum atomic E-state index is 5.30. The molecular formula is C12H11N3O2. The second-order valence-corrected chi connectivity index (χ2v) is 3.74. The van der Waals surface area contributed by atoms with Crippen LogP contribution in [0.3, 0.4) is 0 Å². The van der Waals surface area contributed by atoms with Gasteiger partial charge >= 0.3 is 0 Å². The number of oxazole rings is 1. The maximum Gasteiger partial charge on any atom is 0.192 e. The molecule has 0 bridgehead atoms. The van der Waals surface area contributed by atoms with Crippen LogP contribution in [0, 0.1) is 6.92 Å². The molecule has 0 fully saturated rings. The lowest BCUT2D eigenvalue weighted by molar-refractivity contribution is 0.415. The Hall–Kier alpha value is -2.30. The van der Waals surface area contributed by atoms with E-state index in [1.165, 1.54) is 6.39 Å². The second kappa shape index (κ2) is 3.62. The van der Waals surface area contributed by atoms with Crippen molar-refractivity contribution in [2.24, 2.45) is 0 Å². The van der Waals surface area contributed by atoms with Gasteiger partial charge in [0.15, 0.2) is 18.0 Å². The van der Waals surface area contributed by atoms with Gasteiger partial charge in [0.2, 0.25) is 0 Å². The summed E-state index contributed by atoms with van der Waals surface area (Å²) in [5.41, 5.74) is 2.60. The van der Waals surface area contributed by atoms with E-state index in [4.69, 9.17) is 9.15 Å². The van der Waals surface area contributed by atoms with Gasteiger partial charge in [-0.3, -0.25) is 0 Å². The first kappa shape index (κ1) is 9.89. The number of aryl methyl sites for hydroxylation is 1. The molecule has 0 saturated heterocycles. The highest BCUT2D eigenvalue weighted by molar-refractivity contribution is 5.80. The van der Waals surface area contributed by atoms with E-state index in [0.29, 0.717) is 11.6 Å². The van der Waals surface area contributed by atoms with Crippen LogP contribution in [-0.2, 0) is 0 Å². The first-order valence-corrected chi connectivity index (χ1v) is 5.22. The van der Waals surface area contributed by atoms with Crippen molar-refractivity contribution in [1.82, 2.24) is 15.0 Å². The molecule has 2 heterocycles. The predicted molar refractivity (Wildman–Crippen MR) is 62.9 cm³/mol. The standard InChI is InChI=1S/C12H11N3O2/c1-7-11(17-6-13-7)12-14-9-4-3-8(16-2)5-10(9)15-12/h3-6H,1-2H3,(H,14,15). The minimum Gasteiger partial charge on any atom is -0.497 e. The van der Waals surface area contributed by atoms with Crippen LogP contribution in [0.15, 0.2) is 29.0 Å². The van der Waals surface area contributed by atoms with Gasteiger partial charge < -0.3 is 14.1 Å². The summed E-state index contributed by atoms with van der Waals surface area (Å²) in [6.07, 6.45) is 1.42. The molecule has 3 aromatic rings. The van der Waals surface area contributed by atoms with E-state index in [9.17, 15) is 0 Å². The van der Waals surface area contributed by atoms with Crippen LogP contribution in [0.1, 0.15) is 5.69 Å². The van der Waals surface area contributed by atoms with Gasteiger partial charge in [-0.2, -0.15) is 0 Å². The van der Waals surface area contributed by atoms with Gasteiger partial charge in [-0.1, -0.05) is 0 Å². The molecule has 0 aliphatic rings. The van der Waals surface area contributed by atoms with E-state index in [-0.39, 0.29) is 0 Å². The Balaban J connectivity index is 2.17. The van der Waals surface area contributed by atoms with Crippen molar-refractivity contribution in [2.75, 3.05) is 7.11 Å². The van der Waals surface area contributed by atoms with Crippen molar-refractivity contribution in [2.45, 2.75) is 6.92 Å². The Morgan fingerprint density at radius 1 is 1.35 bits per heavy atom. The topological polar surface area (TPSA) is 63.9 Å². The van der Waals surface area contributed by atoms with Gasteiger partial charge in [-0.15, -0.1) is 0 Å². The number of nitrogens with one attached hydrogen (secondary N) is 1. The summed E-state index contributed by atoms with van der Waals surface area (Å²) < 4.78 is 10.5. The van der Waals surface area contributed by atoms with Crippen molar-refractivity contribution in [3.05, 3.63) is 30.3 Å². The normalized spacial score (nSPS) is 10.9. The zero-order chi connectivity index (χ0) is 11.8. The third kappa shape index (κ3) is 1.56. The summed E-state index contributed by atoms with van der Waals surface area (Å²) in [5.74, 6) is 2.14. The van der Waals surface area contributed by atoms with Crippen LogP contribution in [0.4, 0.5) is 0 Å². The number of fused-ring (bicyclic) bond motifs is 1. The highest BCUT2D eigenvalue weighted by Crippen LogP contribution is 2.25. The van der Waals surface area contributed by atoms with Crippen LogP contribution in [-0.4, -0.2) is 22.1 Å². The Labute approximate surface area is 97.5 Å². The van der Waals surface area contributed by atoms with Crippen molar-refractivity contribution in [3.63, 3.8) is 0 Å². The van der Waals surface area contributed by atoms with Crippen molar-refractivity contribution in [1.29, 1.82) is 0 Å². The molecule has 0 spiro atoms. The molecule has 5 nitrogen and oxygen atoms in total. The summed E-state index contributed by atoms with van der Waals surface area (Å²) in [4.78, 5) is 11.7. The summed E-state index contributed by atoms with van der Waals surface area (Å²) in [6.45, 7) is 1.88. The predicted octanol–water partition coefficient (Wildman–Crippen LogP) is 2.53. The summed E-state index contributed by atoms with van der Waals surface area (Å²) in [5, 5.41) is 0. The monoisotopic (exact) mass is 229 g/mol. The fourth-order valence-corrected chi connectivity index (χ4v) is 1.75. The van der Waals surface area contributed by atoms with Gasteiger partial charge in [0, 0.05) is 6.07 Å². The first-order chi connectivity index (χ1) is 8.28. The molecule has 0 unspecified atom stereocenters. The number of methoxy groups -OCH3 is 1. The van der Waals surface area contributed by atoms with Crippen molar-refractivity contribution in [3.8, 4) is 17.3 Å². The SMILES string of the molecule is COc1ccc2nc(-c3ocnc3C)[nH]c2c1. The second-order valence-electron chi connectivity index (χ2n) is 3.74. The van der Waals surface area contributed by atoms with Gasteiger partial charge in [-0.25, -0.2) is 9.97 Å². The molecule has 3 rings (SSSR count). The van der Waals surface area contributed by atoms with E-state index in [2.05, 4.69) is 15.0 Å². The average molecular weight is 229 g/mol. The number of H-pyrrole nitrogens is 1. The zero-order valence-electron chi connectivity index (χ0n) is 9.52. The molecular weight excluding hydrogens is 218 g/mol. The molecule has 1 N–H and O–H groups in total. The molecule has 1 aromatic carbocycles. The highest BCUT2D eigenvalue weighted by atomic mass is 16.5. The summed E-state index contributed by atoms with van der Waals surface area (Å²) in [6, 6.07) is 5.68. The number of imidazole rings is 1. The number of aromatic amines is 1. The molecule has 5 heteroatoms. The summed E-state index contributed by atoms with van der Waals surface area (Å²) >= 11 is 0. The van der Waals surface area contributed by atoms with Gasteiger partial charge in [0.1, 0.15) is 5.75 Å². The Bertz CT molecular complexity index is 669. The lowest BCUT2D eigenvalue weighted by atomic mass is 10.3. The van der Waals surface area contributed by atoms with Crippen LogP contribution < -0.4 is 4.74 Å². The molecule has 0 aliphatic carbocycles. The number of benzene rings is 1. The summed E-state index contributed by atoms with van der Waals surface area (Å²) in [7, 11) is 1.64. The zero-order valence-corrected chi connectivity index (χ0v) is 9.52. The number of aromatic nitrogens is 3. The van der Waals surface area contributed by atoms with E-state index in [0.717, 1.165) is 22.5 Å². The van der Waals surface area contributed by atoms with Crippen molar-refractivity contribution >= 4 is 11.0 Å². The van der Waals surface area contributed by atoms with Gasteiger partial charge in [0.25, 0.3) is 0 Å². The number of ether oxygens (including phenoxy) is 1. The molecule has 2 aromatic heterocycles. The molecule has 17 heavy (non-hydrogen) atoms. The third-order valence-electron chi connectivity index (χ3n) is 2.65. The van der Waals surface area contributed by atoms with Crippen LogP contribution >= 0.6 is 0 Å². The van der Waals surface area contributed by atoms with E-state index in [1.54, 1.807) is 7.11 Å². The minimum absolute atomic E-state index is 0.667. The molecule has 0 aliphatic heterocycles. The number of rotatable bonds is 2. The highest BCUT2D eigenvalue weighted by Gasteiger charge is 2.12. The molecule has 0 atom stereocenters. The molecule has 86 valence electrons. The van der Waals surface area contributed by atoms with Gasteiger partial charge in [-0.05, 0) is 19.1 Å². The Kier molecular flexibility index (Phi) is 2.11. The number of hydrogen-bond donors (Lipinski definition) is 1. The molecule has 0 amide bonds. The van der Waals surface area contributed by atoms with E-state index >= 15 is 0 Å². The molecule has 0 radical (unpaired) electrons. The maximum absolute atomic E-state index is 5.30. The van der Waals surface area contributed by atoms with E-state index in [1.807, 2.05) is 25.1 Å². The Morgan fingerprint density at radius 2 is 2.24 bits per heavy atom. The third-order valence-corrected chi connectivity index (χ3v) is 2.65. The van der Waals surface area contributed by atoms with E-state index < -0.39 is 0 Å². The number of hydrogen-bond acceptors (Lipinski definition) is 4. The first-order valence-electron chi connectivity index (χ1n) is 5.22. The van der Waals surface area contributed by atoms with Crippen LogP contribution in [0.25, 0.3) is 22.6 Å². The van der Waals surface area contributed by atoms with Gasteiger partial charge in [0.05, 0.1) is 23.8 Å². The average Bonchev–Trinajstić information content (AvgIpc) is 2.93. The largest absolute Gasteiger partial charge is 0.497 e. The molecule has 0 saturated carbocycles. The number of nitrogens with zero attached hydrogens (tertiary/aromatic N) is 2. The fraction of sp³-hybridized carbons (Fsp3) is 0.167. The minimum atomic E-state index is 0.667. The lowest BCUT2D eigenvalue weighted by Gasteiger charge is -1.96. The quantitative estimate of drug-likeness (QED) is 0.733. The fourth-order valence-electron chi connectivity index (χ4n) is 1.75. The Morgan fingerprint density at radius 3 is 2.94 bits per heavy atom. The van der Waals surface area contributed by atoms with Crippen molar-refractivity contribution < 1.29 is 9.15 Å². The smallest absolute Gasteiger partial charge is 0.192 e. The van der Waals surface area contributed by atoms with Crippen LogP contribution in [0.2, 0.25) is 0 Å².